The summed E-state index contributed by atoms with van der Waals surface area (Å²) in [5, 5.41) is 3.32. The van der Waals surface area contributed by atoms with Crippen LogP contribution < -0.4 is 5.32 Å². The van der Waals surface area contributed by atoms with Crippen molar-refractivity contribution in [2.75, 3.05) is 37.8 Å². The van der Waals surface area contributed by atoms with E-state index in [2.05, 4.69) is 12.2 Å². The zero-order valence-electron chi connectivity index (χ0n) is 12.0. The molecule has 2 rings (SSSR count). The Bertz CT molecular complexity index is 338. The molecule has 7 heteroatoms. The molecule has 20 heavy (non-hydrogen) atoms. The molecule has 0 aromatic rings. The van der Waals surface area contributed by atoms with Gasteiger partial charge < -0.3 is 15.1 Å². The molecule has 0 saturated carbocycles. The van der Waals surface area contributed by atoms with Crippen LogP contribution in [0.2, 0.25) is 0 Å². The van der Waals surface area contributed by atoms with E-state index in [1.54, 1.807) is 16.7 Å². The molecule has 2 aliphatic rings. The van der Waals surface area contributed by atoms with Gasteiger partial charge in [-0.1, -0.05) is 6.92 Å². The minimum absolute atomic E-state index is 0. The van der Waals surface area contributed by atoms with Crippen LogP contribution in [-0.2, 0) is 9.59 Å². The van der Waals surface area contributed by atoms with E-state index in [9.17, 15) is 9.59 Å². The fourth-order valence-electron chi connectivity index (χ4n) is 2.66. The Labute approximate surface area is 131 Å². The molecule has 0 bridgehead atoms. The van der Waals surface area contributed by atoms with Gasteiger partial charge in [-0.15, -0.1) is 24.2 Å². The number of hydrogen-bond donors (Lipinski definition) is 1. The Balaban J connectivity index is 0.00000200. The van der Waals surface area contributed by atoms with Gasteiger partial charge in [0.05, 0.1) is 11.6 Å². The molecule has 2 saturated heterocycles. The number of carbonyl (C=O) groups excluding carboxylic acids is 2. The Morgan fingerprint density at radius 1 is 1.45 bits per heavy atom. The van der Waals surface area contributed by atoms with Crippen LogP contribution in [0.5, 0.6) is 0 Å². The number of hydrogen-bond acceptors (Lipinski definition) is 4. The average Bonchev–Trinajstić information content (AvgIpc) is 2.82. The van der Waals surface area contributed by atoms with E-state index in [-0.39, 0.29) is 30.8 Å². The summed E-state index contributed by atoms with van der Waals surface area (Å²) in [6, 6.07) is 0.346. The molecule has 0 aromatic heterocycles. The fraction of sp³-hybridized carbons (Fsp3) is 0.846. The topological polar surface area (TPSA) is 52.7 Å². The number of rotatable bonds is 5. The van der Waals surface area contributed by atoms with Crippen LogP contribution in [0.1, 0.15) is 26.2 Å². The number of nitrogens with zero attached hydrogens (tertiary/aromatic N) is 2. The zero-order valence-corrected chi connectivity index (χ0v) is 13.6. The van der Waals surface area contributed by atoms with Gasteiger partial charge in [0, 0.05) is 12.6 Å². The normalized spacial score (nSPS) is 19.9. The summed E-state index contributed by atoms with van der Waals surface area (Å²) in [5.74, 6) is 1.40. The maximum atomic E-state index is 12.4. The second kappa shape index (κ2) is 8.74. The second-order valence-electron chi connectivity index (χ2n) is 5.14. The van der Waals surface area contributed by atoms with Crippen molar-refractivity contribution in [2.45, 2.75) is 32.2 Å². The highest BCUT2D eigenvalue weighted by Gasteiger charge is 2.29. The maximum absolute atomic E-state index is 12.4. The summed E-state index contributed by atoms with van der Waals surface area (Å²) in [6.07, 6.45) is 3.02. The highest BCUT2D eigenvalue weighted by Crippen LogP contribution is 2.17. The highest BCUT2D eigenvalue weighted by molar-refractivity contribution is 8.00. The van der Waals surface area contributed by atoms with Crippen LogP contribution in [0.15, 0.2) is 0 Å². The van der Waals surface area contributed by atoms with Crippen molar-refractivity contribution < 1.29 is 9.59 Å². The first-order valence-corrected chi connectivity index (χ1v) is 8.23. The van der Waals surface area contributed by atoms with Crippen molar-refractivity contribution in [3.8, 4) is 0 Å². The Hall–Kier alpha value is -0.460. The van der Waals surface area contributed by atoms with Crippen LogP contribution in [0, 0.1) is 0 Å². The van der Waals surface area contributed by atoms with Crippen LogP contribution >= 0.6 is 24.2 Å². The van der Waals surface area contributed by atoms with Gasteiger partial charge in [-0.3, -0.25) is 9.59 Å². The molecule has 0 spiro atoms. The first-order valence-electron chi connectivity index (χ1n) is 7.08. The number of piperidine rings is 1. The van der Waals surface area contributed by atoms with E-state index in [0.29, 0.717) is 17.7 Å². The second-order valence-corrected chi connectivity index (χ2v) is 6.09. The standard InChI is InChI=1S/C13H23N3O2S.ClH/c1-2-7-16(11-3-5-14-6-4-11)12(17)8-15-10-19-9-13(15)18;/h11,14H,2-10H2,1H3;1H. The largest absolute Gasteiger partial charge is 0.338 e. The number of halogens is 1. The van der Waals surface area contributed by atoms with Gasteiger partial charge in [0.2, 0.25) is 11.8 Å². The third-order valence-corrected chi connectivity index (χ3v) is 4.63. The number of amides is 2. The van der Waals surface area contributed by atoms with Gasteiger partial charge in [-0.05, 0) is 32.4 Å². The monoisotopic (exact) mass is 321 g/mol. The van der Waals surface area contributed by atoms with E-state index in [1.807, 2.05) is 4.90 Å². The molecule has 0 aromatic carbocycles. The van der Waals surface area contributed by atoms with Crippen molar-refractivity contribution in [2.24, 2.45) is 0 Å². The SMILES string of the molecule is CCCN(C(=O)CN1CSCC1=O)C1CCNCC1.Cl. The van der Waals surface area contributed by atoms with Gasteiger partial charge in [0.25, 0.3) is 0 Å². The minimum atomic E-state index is 0. The van der Waals surface area contributed by atoms with Gasteiger partial charge in [0.15, 0.2) is 0 Å². The fourth-order valence-corrected chi connectivity index (χ4v) is 3.57. The van der Waals surface area contributed by atoms with E-state index in [4.69, 9.17) is 0 Å². The lowest BCUT2D eigenvalue weighted by atomic mass is 10.0. The van der Waals surface area contributed by atoms with Crippen LogP contribution in [0.25, 0.3) is 0 Å². The first-order chi connectivity index (χ1) is 9.22. The summed E-state index contributed by atoms with van der Waals surface area (Å²) in [6.45, 7) is 5.12. The van der Waals surface area contributed by atoms with Crippen molar-refractivity contribution >= 4 is 36.0 Å². The number of thioether (sulfide) groups is 1. The smallest absolute Gasteiger partial charge is 0.242 e. The third kappa shape index (κ3) is 4.53. The van der Waals surface area contributed by atoms with Crippen molar-refractivity contribution in [1.82, 2.24) is 15.1 Å². The number of carbonyl (C=O) groups is 2. The van der Waals surface area contributed by atoms with Gasteiger partial charge >= 0.3 is 0 Å². The first kappa shape index (κ1) is 17.6. The molecule has 2 heterocycles. The number of nitrogens with one attached hydrogen (secondary N) is 1. The minimum Gasteiger partial charge on any atom is -0.338 e. The summed E-state index contributed by atoms with van der Waals surface area (Å²) in [4.78, 5) is 27.7. The lowest BCUT2D eigenvalue weighted by molar-refractivity contribution is -0.140. The Morgan fingerprint density at radius 3 is 2.70 bits per heavy atom. The van der Waals surface area contributed by atoms with E-state index in [0.717, 1.165) is 38.9 Å². The van der Waals surface area contributed by atoms with Gasteiger partial charge in [0.1, 0.15) is 6.54 Å². The molecule has 2 fully saturated rings. The molecule has 0 unspecified atom stereocenters. The molecule has 2 aliphatic heterocycles. The highest BCUT2D eigenvalue weighted by atomic mass is 35.5. The van der Waals surface area contributed by atoms with Gasteiger partial charge in [-0.25, -0.2) is 0 Å². The summed E-state index contributed by atoms with van der Waals surface area (Å²) >= 11 is 1.59. The van der Waals surface area contributed by atoms with Crippen LogP contribution in [0.4, 0.5) is 0 Å². The van der Waals surface area contributed by atoms with Crippen molar-refractivity contribution in [3.63, 3.8) is 0 Å². The summed E-state index contributed by atoms with van der Waals surface area (Å²) in [5.41, 5.74) is 0. The quantitative estimate of drug-likeness (QED) is 0.818. The molecule has 0 aliphatic carbocycles. The molecular weight excluding hydrogens is 298 g/mol. The molecule has 0 radical (unpaired) electrons. The van der Waals surface area contributed by atoms with E-state index < -0.39 is 0 Å². The molecule has 0 atom stereocenters. The predicted molar refractivity (Wildman–Crippen MR) is 84.2 cm³/mol. The van der Waals surface area contributed by atoms with Crippen molar-refractivity contribution in [1.29, 1.82) is 0 Å². The summed E-state index contributed by atoms with van der Waals surface area (Å²) in [7, 11) is 0. The average molecular weight is 322 g/mol. The van der Waals surface area contributed by atoms with Crippen molar-refractivity contribution in [3.05, 3.63) is 0 Å². The van der Waals surface area contributed by atoms with E-state index in [1.165, 1.54) is 0 Å². The third-order valence-electron chi connectivity index (χ3n) is 3.69. The predicted octanol–water partition coefficient (Wildman–Crippen LogP) is 0.932. The molecular formula is C13H24ClN3O2S. The molecule has 2 amide bonds. The summed E-state index contributed by atoms with van der Waals surface area (Å²) < 4.78 is 0. The van der Waals surface area contributed by atoms with E-state index >= 15 is 0 Å². The lowest BCUT2D eigenvalue weighted by Gasteiger charge is -2.35. The molecule has 5 nitrogen and oxygen atoms in total. The molecule has 1 N–H and O–H groups in total. The lowest BCUT2D eigenvalue weighted by Crippen LogP contribution is -2.49. The maximum Gasteiger partial charge on any atom is 0.242 e. The van der Waals surface area contributed by atoms with Crippen LogP contribution in [0.3, 0.4) is 0 Å². The van der Waals surface area contributed by atoms with Gasteiger partial charge in [-0.2, -0.15) is 0 Å². The molecule has 116 valence electrons. The van der Waals surface area contributed by atoms with Crippen LogP contribution in [-0.4, -0.2) is 65.5 Å². The Morgan fingerprint density at radius 2 is 2.15 bits per heavy atom. The Kier molecular flexibility index (Phi) is 7.69. The zero-order chi connectivity index (χ0) is 13.7.